The second kappa shape index (κ2) is 4.11. The number of nitrogens with one attached hydrogen (secondary N) is 1. The van der Waals surface area contributed by atoms with Crippen molar-refractivity contribution in [3.63, 3.8) is 0 Å². The van der Waals surface area contributed by atoms with Gasteiger partial charge in [0.25, 0.3) is 10.0 Å². The van der Waals surface area contributed by atoms with Crippen LogP contribution in [0.1, 0.15) is 0 Å². The van der Waals surface area contributed by atoms with Gasteiger partial charge in [-0.3, -0.25) is 4.72 Å². The number of hydrogen-bond donors (Lipinski definition) is 2. The third-order valence-electron chi connectivity index (χ3n) is 1.87. The number of rotatable bonds is 3. The molecule has 16 heavy (non-hydrogen) atoms. The predicted molar refractivity (Wildman–Crippen MR) is 63.8 cm³/mol. The molecule has 1 aromatic carbocycles. The van der Waals surface area contributed by atoms with Crippen LogP contribution >= 0.6 is 11.5 Å². The molecule has 0 fully saturated rings. The molecule has 1 heterocycles. The molecule has 0 radical (unpaired) electrons. The van der Waals surface area contributed by atoms with Crippen LogP contribution in [0.2, 0.25) is 0 Å². The first-order valence-electron chi connectivity index (χ1n) is 4.37. The standard InChI is InChI=1S/C9H9N3O2S2/c10-7-1-3-8(4-2-7)16(13,14)12-9-5-6-15-11-9/h1-6H,10H2,(H,11,12). The first kappa shape index (κ1) is 10.9. The van der Waals surface area contributed by atoms with Gasteiger partial charge in [0.15, 0.2) is 5.82 Å². The van der Waals surface area contributed by atoms with Crippen LogP contribution in [0.5, 0.6) is 0 Å². The maximum absolute atomic E-state index is 11.8. The Kier molecular flexibility index (Phi) is 2.80. The smallest absolute Gasteiger partial charge is 0.263 e. The Balaban J connectivity index is 2.29. The van der Waals surface area contributed by atoms with Gasteiger partial charge in [-0.25, -0.2) is 8.42 Å². The minimum atomic E-state index is -3.56. The van der Waals surface area contributed by atoms with Gasteiger partial charge in [0.05, 0.1) is 4.90 Å². The van der Waals surface area contributed by atoms with Crippen molar-refractivity contribution in [2.45, 2.75) is 4.90 Å². The van der Waals surface area contributed by atoms with Crippen molar-refractivity contribution in [2.24, 2.45) is 0 Å². The molecule has 84 valence electrons. The number of nitrogen functional groups attached to an aromatic ring is 1. The summed E-state index contributed by atoms with van der Waals surface area (Å²) in [6.45, 7) is 0. The first-order valence-corrected chi connectivity index (χ1v) is 6.69. The Morgan fingerprint density at radius 1 is 1.19 bits per heavy atom. The van der Waals surface area contributed by atoms with Crippen molar-refractivity contribution < 1.29 is 8.42 Å². The van der Waals surface area contributed by atoms with E-state index in [1.807, 2.05) is 0 Å². The Hall–Kier alpha value is -1.60. The molecular weight excluding hydrogens is 246 g/mol. The highest BCUT2D eigenvalue weighted by atomic mass is 32.2. The molecule has 0 aliphatic rings. The van der Waals surface area contributed by atoms with Gasteiger partial charge in [0, 0.05) is 11.1 Å². The van der Waals surface area contributed by atoms with E-state index < -0.39 is 10.0 Å². The largest absolute Gasteiger partial charge is 0.399 e. The highest BCUT2D eigenvalue weighted by molar-refractivity contribution is 7.92. The lowest BCUT2D eigenvalue weighted by Gasteiger charge is -2.05. The van der Waals surface area contributed by atoms with Gasteiger partial charge in [-0.15, -0.1) is 0 Å². The molecule has 0 aliphatic carbocycles. The molecule has 1 aromatic heterocycles. The second-order valence-corrected chi connectivity index (χ2v) is 5.41. The van der Waals surface area contributed by atoms with Crippen LogP contribution in [0, 0.1) is 0 Å². The topological polar surface area (TPSA) is 85.1 Å². The molecule has 0 saturated carbocycles. The van der Waals surface area contributed by atoms with Crippen molar-refractivity contribution >= 4 is 33.1 Å². The quantitative estimate of drug-likeness (QED) is 0.814. The molecule has 3 N–H and O–H groups in total. The van der Waals surface area contributed by atoms with Gasteiger partial charge in [-0.2, -0.15) is 4.37 Å². The van der Waals surface area contributed by atoms with Crippen LogP contribution in [0.25, 0.3) is 0 Å². The second-order valence-electron chi connectivity index (χ2n) is 3.06. The minimum Gasteiger partial charge on any atom is -0.399 e. The Morgan fingerprint density at radius 2 is 1.88 bits per heavy atom. The van der Waals surface area contributed by atoms with E-state index in [0.717, 1.165) is 0 Å². The van der Waals surface area contributed by atoms with E-state index in [9.17, 15) is 8.42 Å². The Labute approximate surface area is 97.1 Å². The molecule has 0 atom stereocenters. The summed E-state index contributed by atoms with van der Waals surface area (Å²) < 4.78 is 29.9. The monoisotopic (exact) mass is 255 g/mol. The summed E-state index contributed by atoms with van der Waals surface area (Å²) >= 11 is 1.18. The van der Waals surface area contributed by atoms with Crippen LogP contribution in [0.4, 0.5) is 11.5 Å². The number of nitrogens with zero attached hydrogens (tertiary/aromatic N) is 1. The molecule has 2 rings (SSSR count). The van der Waals surface area contributed by atoms with Gasteiger partial charge in [0.2, 0.25) is 0 Å². The van der Waals surface area contributed by atoms with E-state index >= 15 is 0 Å². The third-order valence-corrected chi connectivity index (χ3v) is 3.80. The maximum atomic E-state index is 11.8. The van der Waals surface area contributed by atoms with E-state index in [1.165, 1.54) is 35.8 Å². The lowest BCUT2D eigenvalue weighted by molar-refractivity contribution is 0.601. The van der Waals surface area contributed by atoms with E-state index in [0.29, 0.717) is 11.5 Å². The first-order chi connectivity index (χ1) is 7.58. The summed E-state index contributed by atoms with van der Waals surface area (Å²) in [4.78, 5) is 0.162. The number of sulfonamides is 1. The molecule has 0 unspecified atom stereocenters. The van der Waals surface area contributed by atoms with Crippen LogP contribution in [0.15, 0.2) is 40.6 Å². The molecule has 0 bridgehead atoms. The fraction of sp³-hybridized carbons (Fsp3) is 0. The third kappa shape index (κ3) is 2.31. The summed E-state index contributed by atoms with van der Waals surface area (Å²) in [5.41, 5.74) is 6.00. The van der Waals surface area contributed by atoms with Crippen LogP contribution < -0.4 is 10.5 Å². The number of aromatic nitrogens is 1. The van der Waals surface area contributed by atoms with Gasteiger partial charge in [-0.1, -0.05) is 0 Å². The molecular formula is C9H9N3O2S2. The zero-order valence-corrected chi connectivity index (χ0v) is 9.75. The van der Waals surface area contributed by atoms with Gasteiger partial charge >= 0.3 is 0 Å². The normalized spacial score (nSPS) is 11.2. The summed E-state index contributed by atoms with van der Waals surface area (Å²) in [6.07, 6.45) is 0. The summed E-state index contributed by atoms with van der Waals surface area (Å²) in [6, 6.07) is 7.57. The molecule has 2 aromatic rings. The highest BCUT2D eigenvalue weighted by Gasteiger charge is 2.14. The van der Waals surface area contributed by atoms with E-state index in [4.69, 9.17) is 5.73 Å². The summed E-state index contributed by atoms with van der Waals surface area (Å²) in [7, 11) is -3.56. The summed E-state index contributed by atoms with van der Waals surface area (Å²) in [5, 5.41) is 1.70. The van der Waals surface area contributed by atoms with Gasteiger partial charge < -0.3 is 5.73 Å². The number of anilines is 2. The van der Waals surface area contributed by atoms with Crippen molar-refractivity contribution in [2.75, 3.05) is 10.5 Å². The van der Waals surface area contributed by atoms with E-state index in [2.05, 4.69) is 9.10 Å². The molecule has 0 amide bonds. The van der Waals surface area contributed by atoms with Crippen LogP contribution in [-0.2, 0) is 10.0 Å². The van der Waals surface area contributed by atoms with Crippen molar-refractivity contribution in [3.8, 4) is 0 Å². The van der Waals surface area contributed by atoms with E-state index in [-0.39, 0.29) is 4.90 Å². The average Bonchev–Trinajstić information content (AvgIpc) is 2.70. The number of benzene rings is 1. The Morgan fingerprint density at radius 3 is 2.44 bits per heavy atom. The number of hydrogen-bond acceptors (Lipinski definition) is 5. The maximum Gasteiger partial charge on any atom is 0.263 e. The fourth-order valence-corrected chi connectivity index (χ4v) is 2.64. The van der Waals surface area contributed by atoms with Crippen LogP contribution in [0.3, 0.4) is 0 Å². The van der Waals surface area contributed by atoms with Gasteiger partial charge in [0.1, 0.15) is 0 Å². The van der Waals surface area contributed by atoms with E-state index in [1.54, 1.807) is 11.4 Å². The Bertz CT molecular complexity index is 561. The molecule has 0 saturated heterocycles. The molecule has 0 spiro atoms. The molecule has 0 aliphatic heterocycles. The fourth-order valence-electron chi connectivity index (χ4n) is 1.11. The lowest BCUT2D eigenvalue weighted by atomic mass is 10.3. The SMILES string of the molecule is Nc1ccc(S(=O)(=O)Nc2ccsn2)cc1. The van der Waals surface area contributed by atoms with Gasteiger partial charge in [-0.05, 0) is 41.9 Å². The van der Waals surface area contributed by atoms with Crippen molar-refractivity contribution in [1.82, 2.24) is 4.37 Å². The van der Waals surface area contributed by atoms with Crippen molar-refractivity contribution in [1.29, 1.82) is 0 Å². The van der Waals surface area contributed by atoms with Crippen LogP contribution in [-0.4, -0.2) is 12.8 Å². The highest BCUT2D eigenvalue weighted by Crippen LogP contribution is 2.16. The zero-order valence-electron chi connectivity index (χ0n) is 8.12. The lowest BCUT2D eigenvalue weighted by Crippen LogP contribution is -2.12. The predicted octanol–water partition coefficient (Wildman–Crippen LogP) is 1.53. The minimum absolute atomic E-state index is 0.162. The molecule has 7 heteroatoms. The summed E-state index contributed by atoms with van der Waals surface area (Å²) in [5.74, 6) is 0.321. The number of nitrogens with two attached hydrogens (primary N) is 1. The zero-order chi connectivity index (χ0) is 11.6. The average molecular weight is 255 g/mol. The molecule has 5 nitrogen and oxygen atoms in total. The van der Waals surface area contributed by atoms with Crippen molar-refractivity contribution in [3.05, 3.63) is 35.7 Å².